The van der Waals surface area contributed by atoms with Crippen molar-refractivity contribution in [2.45, 2.75) is 6.04 Å². The van der Waals surface area contributed by atoms with Crippen molar-refractivity contribution < 1.29 is 19.4 Å². The summed E-state index contributed by atoms with van der Waals surface area (Å²) in [5, 5.41) is 11.0. The number of benzene rings is 2. The molecule has 1 atom stereocenters. The molecule has 1 aliphatic heterocycles. The Morgan fingerprint density at radius 3 is 2.45 bits per heavy atom. The van der Waals surface area contributed by atoms with Gasteiger partial charge < -0.3 is 9.84 Å². The first-order chi connectivity index (χ1) is 14.1. The second-order valence-corrected chi connectivity index (χ2v) is 6.50. The molecule has 2 heterocycles. The second kappa shape index (κ2) is 7.59. The molecule has 6 nitrogen and oxygen atoms in total. The molecule has 1 saturated heterocycles. The van der Waals surface area contributed by atoms with Crippen LogP contribution in [0.5, 0.6) is 5.75 Å². The van der Waals surface area contributed by atoms with E-state index >= 15 is 0 Å². The number of amides is 1. The van der Waals surface area contributed by atoms with E-state index in [1.165, 1.54) is 12.0 Å². The third-order valence-electron chi connectivity index (χ3n) is 4.80. The smallest absolute Gasteiger partial charge is 0.301 e. The summed E-state index contributed by atoms with van der Waals surface area (Å²) in [6.07, 6.45) is 1.55. The van der Waals surface area contributed by atoms with Gasteiger partial charge in [-0.25, -0.2) is 4.98 Å². The highest BCUT2D eigenvalue weighted by atomic mass is 16.5. The van der Waals surface area contributed by atoms with Crippen LogP contribution in [0.4, 0.5) is 5.82 Å². The van der Waals surface area contributed by atoms with Gasteiger partial charge in [-0.05, 0) is 29.8 Å². The molecule has 1 N–H and O–H groups in total. The van der Waals surface area contributed by atoms with Crippen molar-refractivity contribution in [3.05, 3.63) is 95.7 Å². The van der Waals surface area contributed by atoms with E-state index < -0.39 is 17.7 Å². The lowest BCUT2D eigenvalue weighted by atomic mass is 9.95. The van der Waals surface area contributed by atoms with Crippen LogP contribution in [0.15, 0.2) is 84.6 Å². The Morgan fingerprint density at radius 2 is 1.76 bits per heavy atom. The number of hydrogen-bond donors (Lipinski definition) is 1. The summed E-state index contributed by atoms with van der Waals surface area (Å²) in [5.41, 5.74) is 1.10. The molecular formula is C23H18N2O4. The van der Waals surface area contributed by atoms with Gasteiger partial charge in [0.2, 0.25) is 0 Å². The summed E-state index contributed by atoms with van der Waals surface area (Å²) in [6, 6.07) is 20.2. The maximum atomic E-state index is 13.0. The van der Waals surface area contributed by atoms with Crippen LogP contribution in [-0.4, -0.2) is 28.9 Å². The molecule has 1 amide bonds. The maximum absolute atomic E-state index is 13.0. The highest BCUT2D eigenvalue weighted by molar-refractivity contribution is 6.51. The summed E-state index contributed by atoms with van der Waals surface area (Å²) < 4.78 is 5.21. The Bertz CT molecular complexity index is 1090. The van der Waals surface area contributed by atoms with Crippen LogP contribution in [0.3, 0.4) is 0 Å². The van der Waals surface area contributed by atoms with E-state index in [9.17, 15) is 14.7 Å². The van der Waals surface area contributed by atoms with E-state index in [4.69, 9.17) is 4.74 Å². The predicted molar refractivity (Wildman–Crippen MR) is 108 cm³/mol. The number of ether oxygens (including phenoxy) is 1. The Morgan fingerprint density at radius 1 is 1.00 bits per heavy atom. The summed E-state index contributed by atoms with van der Waals surface area (Å²) >= 11 is 0. The van der Waals surface area contributed by atoms with Crippen molar-refractivity contribution in [1.82, 2.24) is 4.98 Å². The molecule has 0 bridgehead atoms. The van der Waals surface area contributed by atoms with Crippen molar-refractivity contribution in [2.75, 3.05) is 12.0 Å². The lowest BCUT2D eigenvalue weighted by Gasteiger charge is -2.24. The Balaban J connectivity index is 1.94. The molecule has 0 aliphatic carbocycles. The highest BCUT2D eigenvalue weighted by Gasteiger charge is 2.47. The number of methoxy groups -OCH3 is 1. The zero-order valence-corrected chi connectivity index (χ0v) is 15.6. The normalized spacial score (nSPS) is 18.1. The van der Waals surface area contributed by atoms with E-state index in [0.29, 0.717) is 22.7 Å². The molecule has 6 heteroatoms. The summed E-state index contributed by atoms with van der Waals surface area (Å²) in [4.78, 5) is 31.5. The minimum Gasteiger partial charge on any atom is -0.507 e. The summed E-state index contributed by atoms with van der Waals surface area (Å²) in [7, 11) is 1.52. The van der Waals surface area contributed by atoms with E-state index in [-0.39, 0.29) is 11.3 Å². The molecule has 1 aromatic heterocycles. The summed E-state index contributed by atoms with van der Waals surface area (Å²) in [5.74, 6) is -0.876. The number of rotatable bonds is 4. The molecule has 2 aromatic carbocycles. The van der Waals surface area contributed by atoms with Crippen LogP contribution >= 0.6 is 0 Å². The number of aliphatic hydroxyl groups is 1. The van der Waals surface area contributed by atoms with E-state index in [1.807, 2.05) is 30.3 Å². The first kappa shape index (κ1) is 18.4. The van der Waals surface area contributed by atoms with Crippen LogP contribution in [0.2, 0.25) is 0 Å². The van der Waals surface area contributed by atoms with Gasteiger partial charge in [0.1, 0.15) is 17.3 Å². The standard InChI is InChI=1S/C23H18N2O4/c1-29-17-11-7-10-16(14-17)21(26)19-20(15-8-3-2-4-9-15)25(23(28)22(19)27)18-12-5-6-13-24-18/h2-14,20,26H,1H3. The number of ketones is 1. The van der Waals surface area contributed by atoms with Crippen molar-refractivity contribution in [1.29, 1.82) is 0 Å². The van der Waals surface area contributed by atoms with Gasteiger partial charge in [0.15, 0.2) is 0 Å². The van der Waals surface area contributed by atoms with Crippen molar-refractivity contribution in [3.63, 3.8) is 0 Å². The van der Waals surface area contributed by atoms with Crippen LogP contribution in [-0.2, 0) is 9.59 Å². The first-order valence-corrected chi connectivity index (χ1v) is 9.03. The number of carbonyl (C=O) groups is 2. The average molecular weight is 386 g/mol. The minimum absolute atomic E-state index is 0.0140. The van der Waals surface area contributed by atoms with E-state index in [2.05, 4.69) is 4.98 Å². The number of pyridine rings is 1. The van der Waals surface area contributed by atoms with E-state index in [0.717, 1.165) is 0 Å². The summed E-state index contributed by atoms with van der Waals surface area (Å²) in [6.45, 7) is 0. The number of aromatic nitrogens is 1. The fourth-order valence-electron chi connectivity index (χ4n) is 3.44. The van der Waals surface area contributed by atoms with Crippen LogP contribution in [0.1, 0.15) is 17.2 Å². The molecule has 1 aliphatic rings. The molecule has 1 unspecified atom stereocenters. The molecule has 0 saturated carbocycles. The zero-order chi connectivity index (χ0) is 20.4. The molecular weight excluding hydrogens is 368 g/mol. The Hall–Kier alpha value is -3.93. The van der Waals surface area contributed by atoms with Crippen molar-refractivity contribution in [2.24, 2.45) is 0 Å². The molecule has 144 valence electrons. The first-order valence-electron chi connectivity index (χ1n) is 9.03. The van der Waals surface area contributed by atoms with Crippen LogP contribution in [0.25, 0.3) is 5.76 Å². The van der Waals surface area contributed by atoms with Crippen molar-refractivity contribution >= 4 is 23.3 Å². The molecule has 3 aromatic rings. The Labute approximate surface area is 167 Å². The van der Waals surface area contributed by atoms with Crippen LogP contribution in [0, 0.1) is 0 Å². The van der Waals surface area contributed by atoms with Gasteiger partial charge in [-0.1, -0.05) is 48.5 Å². The monoisotopic (exact) mass is 386 g/mol. The fourth-order valence-corrected chi connectivity index (χ4v) is 3.44. The highest BCUT2D eigenvalue weighted by Crippen LogP contribution is 2.41. The molecule has 1 fully saturated rings. The Kier molecular flexibility index (Phi) is 4.83. The van der Waals surface area contributed by atoms with Crippen molar-refractivity contribution in [3.8, 4) is 5.75 Å². The van der Waals surface area contributed by atoms with Gasteiger partial charge in [0.05, 0.1) is 18.7 Å². The van der Waals surface area contributed by atoms with Gasteiger partial charge in [-0.15, -0.1) is 0 Å². The lowest BCUT2D eigenvalue weighted by molar-refractivity contribution is -0.132. The van der Waals surface area contributed by atoms with E-state index in [1.54, 1.807) is 48.7 Å². The maximum Gasteiger partial charge on any atom is 0.301 e. The molecule has 0 spiro atoms. The number of nitrogens with zero attached hydrogens (tertiary/aromatic N) is 2. The SMILES string of the molecule is COc1cccc(C(O)=C2C(=O)C(=O)N(c3ccccn3)C2c2ccccc2)c1. The quantitative estimate of drug-likeness (QED) is 0.420. The molecule has 29 heavy (non-hydrogen) atoms. The number of hydrogen-bond acceptors (Lipinski definition) is 5. The largest absolute Gasteiger partial charge is 0.507 e. The topological polar surface area (TPSA) is 79.7 Å². The number of anilines is 1. The van der Waals surface area contributed by atoms with Crippen LogP contribution < -0.4 is 9.64 Å². The predicted octanol–water partition coefficient (Wildman–Crippen LogP) is 3.72. The van der Waals surface area contributed by atoms with Gasteiger partial charge in [-0.3, -0.25) is 14.5 Å². The fraction of sp³-hybridized carbons (Fsp3) is 0.0870. The third kappa shape index (κ3) is 3.25. The lowest BCUT2D eigenvalue weighted by Crippen LogP contribution is -2.30. The molecule has 4 rings (SSSR count). The number of aliphatic hydroxyl groups excluding tert-OH is 1. The number of carbonyl (C=O) groups excluding carboxylic acids is 2. The molecule has 0 radical (unpaired) electrons. The number of Topliss-reactive ketones (excluding diaryl/α,β-unsaturated/α-hetero) is 1. The van der Waals surface area contributed by atoms with Gasteiger partial charge in [0, 0.05) is 11.8 Å². The third-order valence-corrected chi connectivity index (χ3v) is 4.80. The van der Waals surface area contributed by atoms with Gasteiger partial charge in [0.25, 0.3) is 5.78 Å². The minimum atomic E-state index is -0.794. The van der Waals surface area contributed by atoms with Gasteiger partial charge >= 0.3 is 5.91 Å². The zero-order valence-electron chi connectivity index (χ0n) is 15.6. The average Bonchev–Trinajstić information content (AvgIpc) is 3.05. The van der Waals surface area contributed by atoms with Gasteiger partial charge in [-0.2, -0.15) is 0 Å². The second-order valence-electron chi connectivity index (χ2n) is 6.50.